The smallest absolute Gasteiger partial charge is 0.356 e. The van der Waals surface area contributed by atoms with E-state index in [-0.39, 0.29) is 12.5 Å². The number of rotatable bonds is 8. The number of amides is 1. The molecule has 6 nitrogen and oxygen atoms in total. The zero-order chi connectivity index (χ0) is 22.3. The van der Waals surface area contributed by atoms with Gasteiger partial charge in [-0.15, -0.1) is 0 Å². The maximum Gasteiger partial charge on any atom is 0.356 e. The molecule has 1 saturated heterocycles. The number of benzene rings is 2. The van der Waals surface area contributed by atoms with Crippen molar-refractivity contribution in [2.75, 3.05) is 31.6 Å². The third-order valence-electron chi connectivity index (χ3n) is 6.18. The van der Waals surface area contributed by atoms with Crippen molar-refractivity contribution < 1.29 is 14.3 Å². The highest BCUT2D eigenvalue weighted by Gasteiger charge is 2.22. The first-order valence-electron chi connectivity index (χ1n) is 11.5. The maximum absolute atomic E-state index is 12.7. The van der Waals surface area contributed by atoms with Crippen LogP contribution in [0.4, 0.5) is 5.69 Å². The van der Waals surface area contributed by atoms with Gasteiger partial charge in [0.15, 0.2) is 0 Å². The molecule has 1 aliphatic heterocycles. The zero-order valence-electron chi connectivity index (χ0n) is 18.6. The van der Waals surface area contributed by atoms with Crippen LogP contribution in [0.5, 0.6) is 0 Å². The Morgan fingerprint density at radius 1 is 1.06 bits per heavy atom. The van der Waals surface area contributed by atoms with Gasteiger partial charge in [-0.25, -0.2) is 4.79 Å². The van der Waals surface area contributed by atoms with E-state index in [0.29, 0.717) is 23.7 Å². The number of para-hydroxylation sites is 1. The fraction of sp³-hybridized carbons (Fsp3) is 0.385. The van der Waals surface area contributed by atoms with Crippen molar-refractivity contribution in [2.24, 2.45) is 5.92 Å². The molecule has 1 aliphatic rings. The number of aromatic nitrogens is 1. The van der Waals surface area contributed by atoms with Crippen molar-refractivity contribution in [3.8, 4) is 0 Å². The van der Waals surface area contributed by atoms with Crippen molar-refractivity contribution in [2.45, 2.75) is 32.6 Å². The van der Waals surface area contributed by atoms with E-state index < -0.39 is 5.97 Å². The summed E-state index contributed by atoms with van der Waals surface area (Å²) in [5.74, 6) is 0.159. The highest BCUT2D eigenvalue weighted by Crippen LogP contribution is 2.28. The molecule has 0 aliphatic carbocycles. The molecule has 168 valence electrons. The Morgan fingerprint density at radius 2 is 1.78 bits per heavy atom. The predicted octanol–water partition coefficient (Wildman–Crippen LogP) is 4.63. The maximum atomic E-state index is 12.7. The molecule has 0 saturated carbocycles. The number of carbonyl (C=O) groups excluding carboxylic acids is 2. The summed E-state index contributed by atoms with van der Waals surface area (Å²) in [5, 5.41) is 3.77. The third kappa shape index (κ3) is 5.37. The van der Waals surface area contributed by atoms with E-state index in [4.69, 9.17) is 4.74 Å². The Balaban J connectivity index is 1.31. The molecule has 2 aromatic carbocycles. The number of anilines is 1. The Bertz CT molecular complexity index is 1050. The lowest BCUT2D eigenvalue weighted by molar-refractivity contribution is -0.116. The van der Waals surface area contributed by atoms with Crippen LogP contribution in [0.15, 0.2) is 54.6 Å². The van der Waals surface area contributed by atoms with E-state index in [1.807, 2.05) is 24.3 Å². The van der Waals surface area contributed by atoms with E-state index >= 15 is 0 Å². The van der Waals surface area contributed by atoms with Gasteiger partial charge in [-0.3, -0.25) is 4.79 Å². The van der Waals surface area contributed by atoms with E-state index in [2.05, 4.69) is 45.5 Å². The van der Waals surface area contributed by atoms with Gasteiger partial charge in [0, 0.05) is 23.9 Å². The lowest BCUT2D eigenvalue weighted by atomic mass is 9.90. The molecule has 1 amide bonds. The lowest BCUT2D eigenvalue weighted by Gasteiger charge is -2.31. The highest BCUT2D eigenvalue weighted by molar-refractivity contribution is 6.10. The van der Waals surface area contributed by atoms with Crippen molar-refractivity contribution in [1.82, 2.24) is 9.88 Å². The average molecular weight is 434 g/mol. The lowest BCUT2D eigenvalue weighted by Crippen LogP contribution is -2.36. The molecular formula is C26H31N3O3. The number of hydrogen-bond donors (Lipinski definition) is 2. The number of aromatic amines is 1. The second kappa shape index (κ2) is 10.5. The quantitative estimate of drug-likeness (QED) is 0.508. The van der Waals surface area contributed by atoms with Crippen LogP contribution in [0, 0.1) is 5.92 Å². The summed E-state index contributed by atoms with van der Waals surface area (Å²) in [6, 6.07) is 18.2. The molecule has 0 bridgehead atoms. The molecule has 1 fully saturated rings. The molecule has 1 aromatic heterocycles. The first-order valence-corrected chi connectivity index (χ1v) is 11.5. The molecule has 3 aromatic rings. The minimum absolute atomic E-state index is 0.0910. The highest BCUT2D eigenvalue weighted by atomic mass is 16.5. The Morgan fingerprint density at radius 3 is 2.53 bits per heavy atom. The number of carbonyl (C=O) groups is 2. The van der Waals surface area contributed by atoms with E-state index in [1.54, 1.807) is 6.92 Å². The van der Waals surface area contributed by atoms with Crippen molar-refractivity contribution in [3.05, 3.63) is 65.9 Å². The summed E-state index contributed by atoms with van der Waals surface area (Å²) < 4.78 is 5.16. The van der Waals surface area contributed by atoms with Gasteiger partial charge in [-0.2, -0.15) is 0 Å². The monoisotopic (exact) mass is 433 g/mol. The Kier molecular flexibility index (Phi) is 7.22. The number of esters is 1. The number of piperidine rings is 1. The van der Waals surface area contributed by atoms with Crippen molar-refractivity contribution in [3.63, 3.8) is 0 Å². The largest absolute Gasteiger partial charge is 0.461 e. The summed E-state index contributed by atoms with van der Waals surface area (Å²) >= 11 is 0. The second-order valence-electron chi connectivity index (χ2n) is 8.41. The van der Waals surface area contributed by atoms with Gasteiger partial charge in [0.05, 0.1) is 12.3 Å². The standard InChI is InChI=1S/C26H31N3O3/c1-2-32-26(31)25-24(21-10-6-7-11-22(21)27-25)28-23(30)14-17-29-15-12-20(13-16-29)18-19-8-4-3-5-9-19/h3-11,20,27H,2,12-18H2,1H3,(H,28,30). The average Bonchev–Trinajstić information content (AvgIpc) is 3.18. The summed E-state index contributed by atoms with van der Waals surface area (Å²) in [4.78, 5) is 30.6. The normalized spacial score (nSPS) is 15.0. The topological polar surface area (TPSA) is 74.4 Å². The summed E-state index contributed by atoms with van der Waals surface area (Å²) in [6.45, 7) is 4.81. The Labute approximate surface area is 188 Å². The SMILES string of the molecule is CCOC(=O)c1[nH]c2ccccc2c1NC(=O)CCN1CCC(Cc2ccccc2)CC1. The molecule has 0 spiro atoms. The number of nitrogens with zero attached hydrogens (tertiary/aromatic N) is 1. The molecule has 0 radical (unpaired) electrons. The fourth-order valence-corrected chi connectivity index (χ4v) is 4.45. The number of fused-ring (bicyclic) bond motifs is 1. The molecule has 0 unspecified atom stereocenters. The van der Waals surface area contributed by atoms with E-state index in [1.165, 1.54) is 5.56 Å². The number of H-pyrrole nitrogens is 1. The van der Waals surface area contributed by atoms with Crippen molar-refractivity contribution >= 4 is 28.5 Å². The number of hydrogen-bond acceptors (Lipinski definition) is 4. The number of ether oxygens (including phenoxy) is 1. The molecule has 6 heteroatoms. The molecule has 4 rings (SSSR count). The van der Waals surface area contributed by atoms with Crippen LogP contribution in [0.1, 0.15) is 42.2 Å². The molecule has 2 heterocycles. The first-order chi connectivity index (χ1) is 15.6. The number of nitrogens with one attached hydrogen (secondary N) is 2. The van der Waals surface area contributed by atoms with Gasteiger partial charge in [-0.05, 0) is 56.8 Å². The van der Waals surface area contributed by atoms with Gasteiger partial charge < -0.3 is 19.9 Å². The van der Waals surface area contributed by atoms with Gasteiger partial charge in [-0.1, -0.05) is 48.5 Å². The molecule has 0 atom stereocenters. The molecule has 2 N–H and O–H groups in total. The van der Waals surface area contributed by atoms with Gasteiger partial charge in [0.2, 0.25) is 5.91 Å². The fourth-order valence-electron chi connectivity index (χ4n) is 4.45. The van der Waals surface area contributed by atoms with Crippen LogP contribution in [0.2, 0.25) is 0 Å². The Hall–Kier alpha value is -3.12. The first kappa shape index (κ1) is 22.1. The van der Waals surface area contributed by atoms with Crippen LogP contribution < -0.4 is 5.32 Å². The predicted molar refractivity (Wildman–Crippen MR) is 127 cm³/mol. The van der Waals surface area contributed by atoms with Gasteiger partial charge in [0.25, 0.3) is 0 Å². The van der Waals surface area contributed by atoms with Crippen LogP contribution in [-0.4, -0.2) is 48.0 Å². The summed E-state index contributed by atoms with van der Waals surface area (Å²) in [7, 11) is 0. The van der Waals surface area contributed by atoms with Gasteiger partial charge >= 0.3 is 5.97 Å². The summed E-state index contributed by atoms with van der Waals surface area (Å²) in [6.07, 6.45) is 3.84. The number of likely N-dealkylation sites (tertiary alicyclic amines) is 1. The summed E-state index contributed by atoms with van der Waals surface area (Å²) in [5.41, 5.74) is 3.00. The van der Waals surface area contributed by atoms with Crippen LogP contribution >= 0.6 is 0 Å². The second-order valence-corrected chi connectivity index (χ2v) is 8.41. The minimum atomic E-state index is -0.459. The molecule has 32 heavy (non-hydrogen) atoms. The van der Waals surface area contributed by atoms with Crippen molar-refractivity contribution in [1.29, 1.82) is 0 Å². The third-order valence-corrected chi connectivity index (χ3v) is 6.18. The van der Waals surface area contributed by atoms with Crippen LogP contribution in [-0.2, 0) is 16.0 Å². The van der Waals surface area contributed by atoms with Crippen LogP contribution in [0.3, 0.4) is 0 Å². The molecular weight excluding hydrogens is 402 g/mol. The zero-order valence-corrected chi connectivity index (χ0v) is 18.6. The van der Waals surface area contributed by atoms with Gasteiger partial charge in [0.1, 0.15) is 5.69 Å². The van der Waals surface area contributed by atoms with Crippen LogP contribution in [0.25, 0.3) is 10.9 Å². The minimum Gasteiger partial charge on any atom is -0.461 e. The van der Waals surface area contributed by atoms with E-state index in [9.17, 15) is 9.59 Å². The van der Waals surface area contributed by atoms with E-state index in [0.717, 1.165) is 49.8 Å².